The van der Waals surface area contributed by atoms with Gasteiger partial charge in [0.2, 0.25) is 11.8 Å². The van der Waals surface area contributed by atoms with Gasteiger partial charge in [-0.3, -0.25) is 9.59 Å². The minimum Gasteiger partial charge on any atom is -0.495 e. The van der Waals surface area contributed by atoms with Gasteiger partial charge in [-0.15, -0.1) is 12.4 Å². The molecule has 2 heterocycles. The average molecular weight is 424 g/mol. The van der Waals surface area contributed by atoms with E-state index < -0.39 is 0 Å². The lowest BCUT2D eigenvalue weighted by Crippen LogP contribution is -2.42. The number of hydrogen-bond donors (Lipinski definition) is 2. The predicted octanol–water partition coefficient (Wildman–Crippen LogP) is 3.32. The fourth-order valence-electron chi connectivity index (χ4n) is 4.36. The number of halogens is 1. The molecule has 0 spiro atoms. The van der Waals surface area contributed by atoms with Crippen LogP contribution in [0.15, 0.2) is 24.3 Å². The number of anilines is 1. The van der Waals surface area contributed by atoms with Gasteiger partial charge in [0.25, 0.3) is 0 Å². The third kappa shape index (κ3) is 6.34. The number of carbonyl (C=O) groups is 2. The van der Waals surface area contributed by atoms with Gasteiger partial charge in [-0.1, -0.05) is 19.1 Å². The molecule has 0 saturated carbocycles. The minimum atomic E-state index is -0.0594. The number of nitrogens with zero attached hydrogens (tertiary/aromatic N) is 1. The van der Waals surface area contributed by atoms with Gasteiger partial charge in [-0.25, -0.2) is 0 Å². The van der Waals surface area contributed by atoms with Crippen LogP contribution in [0.4, 0.5) is 5.69 Å². The summed E-state index contributed by atoms with van der Waals surface area (Å²) in [7, 11) is 1.60. The Balaban J connectivity index is 0.00000300. The smallest absolute Gasteiger partial charge is 0.227 e. The van der Waals surface area contributed by atoms with Crippen LogP contribution in [-0.4, -0.2) is 50.0 Å². The zero-order chi connectivity index (χ0) is 19.9. The molecule has 162 valence electrons. The van der Waals surface area contributed by atoms with Crippen molar-refractivity contribution in [3.63, 3.8) is 0 Å². The number of para-hydroxylation sites is 2. The van der Waals surface area contributed by atoms with Gasteiger partial charge in [-0.2, -0.15) is 0 Å². The van der Waals surface area contributed by atoms with Crippen LogP contribution in [0.2, 0.25) is 0 Å². The standard InChI is InChI=1S/C22H33N3O3.ClH/c1-16(17-7-11-23-12-8-17)15-21(26)25-13-9-18(10-14-25)22(27)24-19-5-3-4-6-20(19)28-2;/h3-6,16-18,23H,7-15H2,1-2H3,(H,24,27);1H. The minimum absolute atomic E-state index is 0. The SMILES string of the molecule is COc1ccccc1NC(=O)C1CCN(C(=O)CC(C)C2CCNCC2)CC1.Cl. The van der Waals surface area contributed by atoms with Crippen molar-refractivity contribution in [3.8, 4) is 5.75 Å². The molecule has 0 aliphatic carbocycles. The lowest BCUT2D eigenvalue weighted by molar-refractivity contribution is -0.135. The number of nitrogens with one attached hydrogen (secondary N) is 2. The highest BCUT2D eigenvalue weighted by Crippen LogP contribution is 2.28. The molecule has 1 aromatic carbocycles. The number of carbonyl (C=O) groups excluding carboxylic acids is 2. The largest absolute Gasteiger partial charge is 0.495 e. The summed E-state index contributed by atoms with van der Waals surface area (Å²) in [6.45, 7) is 5.68. The molecule has 2 fully saturated rings. The van der Waals surface area contributed by atoms with E-state index in [2.05, 4.69) is 17.6 Å². The molecule has 1 atom stereocenters. The Morgan fingerprint density at radius 3 is 2.48 bits per heavy atom. The molecular formula is C22H34ClN3O3. The molecule has 6 nitrogen and oxygen atoms in total. The van der Waals surface area contributed by atoms with E-state index in [1.54, 1.807) is 7.11 Å². The predicted molar refractivity (Wildman–Crippen MR) is 118 cm³/mol. The van der Waals surface area contributed by atoms with Crippen LogP contribution in [0, 0.1) is 17.8 Å². The van der Waals surface area contributed by atoms with E-state index >= 15 is 0 Å². The lowest BCUT2D eigenvalue weighted by Gasteiger charge is -2.34. The second-order valence-corrected chi connectivity index (χ2v) is 8.11. The lowest BCUT2D eigenvalue weighted by atomic mass is 9.83. The maximum atomic E-state index is 12.7. The highest BCUT2D eigenvalue weighted by Gasteiger charge is 2.29. The van der Waals surface area contributed by atoms with Crippen molar-refractivity contribution in [2.45, 2.75) is 39.0 Å². The van der Waals surface area contributed by atoms with Crippen LogP contribution in [0.3, 0.4) is 0 Å². The van der Waals surface area contributed by atoms with Crippen molar-refractivity contribution >= 4 is 29.9 Å². The molecule has 0 bridgehead atoms. The number of amides is 2. The van der Waals surface area contributed by atoms with Crippen LogP contribution >= 0.6 is 12.4 Å². The summed E-state index contributed by atoms with van der Waals surface area (Å²) < 4.78 is 5.30. The number of likely N-dealkylation sites (tertiary alicyclic amines) is 1. The summed E-state index contributed by atoms with van der Waals surface area (Å²) in [5, 5.41) is 6.36. The van der Waals surface area contributed by atoms with Gasteiger partial charge in [0, 0.05) is 25.4 Å². The first-order chi connectivity index (χ1) is 13.6. The van der Waals surface area contributed by atoms with Crippen molar-refractivity contribution in [3.05, 3.63) is 24.3 Å². The fourth-order valence-corrected chi connectivity index (χ4v) is 4.36. The molecular weight excluding hydrogens is 390 g/mol. The Bertz CT molecular complexity index is 671. The Labute approximate surface area is 180 Å². The number of ether oxygens (including phenoxy) is 1. The normalized spacial score (nSPS) is 19.2. The molecule has 3 rings (SSSR count). The van der Waals surface area contributed by atoms with Crippen LogP contribution in [0.1, 0.15) is 39.0 Å². The van der Waals surface area contributed by atoms with Gasteiger partial charge >= 0.3 is 0 Å². The third-order valence-corrected chi connectivity index (χ3v) is 6.27. The maximum absolute atomic E-state index is 12.7. The van der Waals surface area contributed by atoms with Crippen LogP contribution in [0.5, 0.6) is 5.75 Å². The summed E-state index contributed by atoms with van der Waals surface area (Å²) in [6, 6.07) is 7.43. The Hall–Kier alpha value is -1.79. The average Bonchev–Trinajstić information content (AvgIpc) is 2.74. The van der Waals surface area contributed by atoms with Gasteiger partial charge in [0.05, 0.1) is 12.8 Å². The molecule has 1 unspecified atom stereocenters. The highest BCUT2D eigenvalue weighted by atomic mass is 35.5. The van der Waals surface area contributed by atoms with E-state index in [-0.39, 0.29) is 30.1 Å². The summed E-state index contributed by atoms with van der Waals surface area (Å²) >= 11 is 0. The van der Waals surface area contributed by atoms with Gasteiger partial charge < -0.3 is 20.3 Å². The molecule has 7 heteroatoms. The number of methoxy groups -OCH3 is 1. The number of hydrogen-bond acceptors (Lipinski definition) is 4. The molecule has 2 aliphatic heterocycles. The van der Waals surface area contributed by atoms with Crippen LogP contribution in [0.25, 0.3) is 0 Å². The summed E-state index contributed by atoms with van der Waals surface area (Å²) in [5.74, 6) is 1.94. The van der Waals surface area contributed by atoms with Crippen LogP contribution < -0.4 is 15.4 Å². The first kappa shape index (κ1) is 23.5. The maximum Gasteiger partial charge on any atom is 0.227 e. The van der Waals surface area contributed by atoms with Crippen molar-refractivity contribution < 1.29 is 14.3 Å². The Morgan fingerprint density at radius 2 is 1.83 bits per heavy atom. The van der Waals surface area contributed by atoms with E-state index in [1.165, 1.54) is 12.8 Å². The molecule has 29 heavy (non-hydrogen) atoms. The van der Waals surface area contributed by atoms with Crippen molar-refractivity contribution in [2.75, 3.05) is 38.6 Å². The molecule has 0 aromatic heterocycles. The van der Waals surface area contributed by atoms with Crippen molar-refractivity contribution in [2.24, 2.45) is 17.8 Å². The molecule has 2 saturated heterocycles. The zero-order valence-corrected chi connectivity index (χ0v) is 18.3. The first-order valence-electron chi connectivity index (χ1n) is 10.5. The van der Waals surface area contributed by atoms with E-state index in [1.807, 2.05) is 29.2 Å². The molecule has 1 aromatic rings. The quantitative estimate of drug-likeness (QED) is 0.736. The second kappa shape index (κ2) is 11.4. The van der Waals surface area contributed by atoms with E-state index in [9.17, 15) is 9.59 Å². The molecule has 0 radical (unpaired) electrons. The van der Waals surface area contributed by atoms with Gasteiger partial charge in [0.15, 0.2) is 0 Å². The topological polar surface area (TPSA) is 70.7 Å². The Kier molecular flexibility index (Phi) is 9.24. The summed E-state index contributed by atoms with van der Waals surface area (Å²) in [6.07, 6.45) is 4.39. The number of benzene rings is 1. The van der Waals surface area contributed by atoms with Crippen molar-refractivity contribution in [1.82, 2.24) is 10.2 Å². The number of rotatable bonds is 6. The molecule has 2 aliphatic rings. The van der Waals surface area contributed by atoms with E-state index in [0.29, 0.717) is 55.6 Å². The second-order valence-electron chi connectivity index (χ2n) is 8.11. The number of piperidine rings is 2. The highest BCUT2D eigenvalue weighted by molar-refractivity contribution is 5.94. The van der Waals surface area contributed by atoms with Crippen LogP contribution in [-0.2, 0) is 9.59 Å². The summed E-state index contributed by atoms with van der Waals surface area (Å²) in [4.78, 5) is 27.3. The third-order valence-electron chi connectivity index (χ3n) is 6.27. The van der Waals surface area contributed by atoms with Gasteiger partial charge in [0.1, 0.15) is 5.75 Å². The summed E-state index contributed by atoms with van der Waals surface area (Å²) in [5.41, 5.74) is 0.698. The van der Waals surface area contributed by atoms with Gasteiger partial charge in [-0.05, 0) is 62.7 Å². The molecule has 2 N–H and O–H groups in total. The molecule has 2 amide bonds. The monoisotopic (exact) mass is 423 g/mol. The first-order valence-corrected chi connectivity index (χ1v) is 10.5. The fraction of sp³-hybridized carbons (Fsp3) is 0.636. The van der Waals surface area contributed by atoms with E-state index in [0.717, 1.165) is 13.1 Å². The van der Waals surface area contributed by atoms with E-state index in [4.69, 9.17) is 4.74 Å². The zero-order valence-electron chi connectivity index (χ0n) is 17.5. The van der Waals surface area contributed by atoms with Crippen molar-refractivity contribution in [1.29, 1.82) is 0 Å². The Morgan fingerprint density at radius 1 is 1.17 bits per heavy atom.